The zero-order chi connectivity index (χ0) is 34.7. The number of halogens is 1. The lowest BCUT2D eigenvalue weighted by atomic mass is 9.91. The third-order valence-electron chi connectivity index (χ3n) is 7.93. The molecule has 2 amide bonds. The predicted molar refractivity (Wildman–Crippen MR) is 176 cm³/mol. The third-order valence-corrected chi connectivity index (χ3v) is 11.1. The summed E-state index contributed by atoms with van der Waals surface area (Å²) in [6.45, 7) is 8.90. The highest BCUT2D eigenvalue weighted by atomic mass is 32.2. The van der Waals surface area contributed by atoms with Gasteiger partial charge in [-0.3, -0.25) is 4.79 Å². The van der Waals surface area contributed by atoms with Crippen LogP contribution in [0.5, 0.6) is 0 Å². The number of rotatable bonds is 8. The molecular weight excluding hydrogens is 652 g/mol. The lowest BCUT2D eigenvalue weighted by Gasteiger charge is -2.28. The smallest absolute Gasteiger partial charge is 0.408 e. The molecule has 47 heavy (non-hydrogen) atoms. The Labute approximate surface area is 278 Å². The molecule has 1 saturated heterocycles. The van der Waals surface area contributed by atoms with Gasteiger partial charge in [0.1, 0.15) is 17.5 Å². The number of anilines is 1. The average Bonchev–Trinajstić information content (AvgIpc) is 3.10. The van der Waals surface area contributed by atoms with Crippen molar-refractivity contribution in [1.29, 1.82) is 0 Å². The molecule has 0 unspecified atom stereocenters. The molecule has 0 aromatic heterocycles. The van der Waals surface area contributed by atoms with Gasteiger partial charge in [-0.15, -0.1) is 11.8 Å². The summed E-state index contributed by atoms with van der Waals surface area (Å²) in [6, 6.07) is 9.38. The molecule has 0 saturated carbocycles. The zero-order valence-electron chi connectivity index (χ0n) is 27.3. The lowest BCUT2D eigenvalue weighted by molar-refractivity contribution is -0.145. The Hall–Kier alpha value is -3.69. The van der Waals surface area contributed by atoms with E-state index in [1.54, 1.807) is 20.8 Å². The van der Waals surface area contributed by atoms with Crippen molar-refractivity contribution in [1.82, 2.24) is 5.32 Å². The van der Waals surface area contributed by atoms with Gasteiger partial charge >= 0.3 is 12.1 Å². The van der Waals surface area contributed by atoms with Crippen LogP contribution in [-0.4, -0.2) is 73.8 Å². The van der Waals surface area contributed by atoms with Crippen molar-refractivity contribution in [3.8, 4) is 0 Å². The Morgan fingerprint density at radius 1 is 1.13 bits per heavy atom. The number of amidine groups is 1. The van der Waals surface area contributed by atoms with Crippen LogP contribution in [0, 0.1) is 5.82 Å². The van der Waals surface area contributed by atoms with E-state index >= 15 is 4.39 Å². The predicted octanol–water partition coefficient (Wildman–Crippen LogP) is 4.24. The number of alkyl carbamates (subject to hydrolysis) is 1. The number of amides is 2. The Bertz CT molecular complexity index is 1650. The number of sulfone groups is 1. The molecule has 12 nitrogen and oxygen atoms in total. The third kappa shape index (κ3) is 8.82. The standard InChI is InChI=1S/C32H41FN4O8S2/c1-31(2,3)44-30(40)35-24-18-46-26-16-23(33)22(27(34)36-45-29(39)32(4,5)47(6,41)42)15-25(26)37(28(24)38)17-19-7-9-20(10-8-19)21-11-13-43-14-12-21/h7-10,15-16,21,24H,11-14,17-18H2,1-6H3,(H2,34,36)(H,35,40)/t24-/m0/s1. The van der Waals surface area contributed by atoms with Crippen LogP contribution in [-0.2, 0) is 40.3 Å². The number of nitrogens with one attached hydrogen (secondary N) is 1. The highest BCUT2D eigenvalue weighted by Gasteiger charge is 2.41. The molecule has 2 aromatic carbocycles. The first-order valence-corrected chi connectivity index (χ1v) is 17.9. The Balaban J connectivity index is 1.68. The maximum absolute atomic E-state index is 15.5. The summed E-state index contributed by atoms with van der Waals surface area (Å²) in [6.07, 6.45) is 1.95. The van der Waals surface area contributed by atoms with Crippen LogP contribution < -0.4 is 16.0 Å². The van der Waals surface area contributed by atoms with Gasteiger partial charge in [0.25, 0.3) is 5.91 Å². The number of fused-ring (bicyclic) bond motifs is 1. The van der Waals surface area contributed by atoms with E-state index in [9.17, 15) is 22.8 Å². The first-order valence-electron chi connectivity index (χ1n) is 15.1. The van der Waals surface area contributed by atoms with E-state index in [1.165, 1.54) is 22.6 Å². The number of carbonyl (C=O) groups is 3. The molecule has 0 aliphatic carbocycles. The van der Waals surface area contributed by atoms with Crippen LogP contribution in [0.4, 0.5) is 14.9 Å². The molecule has 15 heteroatoms. The summed E-state index contributed by atoms with van der Waals surface area (Å²) < 4.78 is 48.4. The van der Waals surface area contributed by atoms with Crippen LogP contribution in [0.3, 0.4) is 0 Å². The molecule has 2 heterocycles. The van der Waals surface area contributed by atoms with Crippen LogP contribution in [0.1, 0.15) is 70.1 Å². The van der Waals surface area contributed by atoms with E-state index in [0.717, 1.165) is 50.3 Å². The minimum Gasteiger partial charge on any atom is -0.444 e. The van der Waals surface area contributed by atoms with Crippen molar-refractivity contribution < 1.29 is 41.5 Å². The number of hydrogen-bond donors (Lipinski definition) is 2. The molecular formula is C32H41FN4O8S2. The summed E-state index contributed by atoms with van der Waals surface area (Å²) in [4.78, 5) is 45.8. The normalized spacial score (nSPS) is 18.3. The molecule has 1 fully saturated rings. The minimum absolute atomic E-state index is 0.0760. The molecule has 0 radical (unpaired) electrons. The summed E-state index contributed by atoms with van der Waals surface area (Å²) in [5.74, 6) is -2.57. The first-order chi connectivity index (χ1) is 21.9. The number of ether oxygens (including phenoxy) is 2. The van der Waals surface area contributed by atoms with E-state index in [0.29, 0.717) is 29.7 Å². The number of hydrogen-bond acceptors (Lipinski definition) is 10. The molecule has 4 rings (SSSR count). The Morgan fingerprint density at radius 2 is 1.77 bits per heavy atom. The fraction of sp³-hybridized carbons (Fsp3) is 0.500. The largest absolute Gasteiger partial charge is 0.444 e. The highest BCUT2D eigenvalue weighted by Crippen LogP contribution is 2.38. The van der Waals surface area contributed by atoms with Gasteiger partial charge in [0.2, 0.25) is 0 Å². The van der Waals surface area contributed by atoms with E-state index < -0.39 is 55.8 Å². The van der Waals surface area contributed by atoms with Crippen molar-refractivity contribution >= 4 is 51.1 Å². The van der Waals surface area contributed by atoms with Gasteiger partial charge in [0.05, 0.1) is 17.8 Å². The second-order valence-electron chi connectivity index (χ2n) is 13.0. The monoisotopic (exact) mass is 692 g/mol. The second kappa shape index (κ2) is 14.2. The Kier molecular flexibility index (Phi) is 10.9. The van der Waals surface area contributed by atoms with Gasteiger partial charge in [-0.2, -0.15) is 0 Å². The fourth-order valence-corrected chi connectivity index (χ4v) is 6.26. The number of nitrogens with zero attached hydrogens (tertiary/aromatic N) is 2. The molecule has 0 spiro atoms. The quantitative estimate of drug-likeness (QED) is 0.177. The van der Waals surface area contributed by atoms with E-state index in [2.05, 4.69) is 10.5 Å². The van der Waals surface area contributed by atoms with Crippen molar-refractivity contribution in [2.24, 2.45) is 10.9 Å². The first kappa shape index (κ1) is 36.2. The van der Waals surface area contributed by atoms with Crippen molar-refractivity contribution in [2.75, 3.05) is 30.1 Å². The van der Waals surface area contributed by atoms with E-state index in [1.807, 2.05) is 24.3 Å². The number of benzene rings is 2. The van der Waals surface area contributed by atoms with Gasteiger partial charge < -0.3 is 30.3 Å². The fourth-order valence-electron chi connectivity index (χ4n) is 4.84. The molecule has 1 atom stereocenters. The Morgan fingerprint density at radius 3 is 2.36 bits per heavy atom. The van der Waals surface area contributed by atoms with Gasteiger partial charge in [0, 0.05) is 30.1 Å². The van der Waals surface area contributed by atoms with Crippen molar-refractivity contribution in [3.63, 3.8) is 0 Å². The van der Waals surface area contributed by atoms with Gasteiger partial charge in [-0.25, -0.2) is 22.4 Å². The maximum Gasteiger partial charge on any atom is 0.408 e. The van der Waals surface area contributed by atoms with E-state index in [4.69, 9.17) is 20.0 Å². The topological polar surface area (TPSA) is 167 Å². The van der Waals surface area contributed by atoms with Crippen LogP contribution in [0.25, 0.3) is 0 Å². The van der Waals surface area contributed by atoms with Crippen LogP contribution in [0.2, 0.25) is 0 Å². The van der Waals surface area contributed by atoms with Crippen LogP contribution >= 0.6 is 11.8 Å². The highest BCUT2D eigenvalue weighted by molar-refractivity contribution is 7.99. The summed E-state index contributed by atoms with van der Waals surface area (Å²) in [7, 11) is -3.87. The molecule has 0 bridgehead atoms. The zero-order valence-corrected chi connectivity index (χ0v) is 28.9. The maximum atomic E-state index is 15.5. The van der Waals surface area contributed by atoms with Crippen LogP contribution in [0.15, 0.2) is 46.4 Å². The van der Waals surface area contributed by atoms with Crippen molar-refractivity contribution in [3.05, 3.63) is 58.9 Å². The molecule has 2 aromatic rings. The average molecular weight is 693 g/mol. The van der Waals surface area contributed by atoms with Gasteiger partial charge in [-0.1, -0.05) is 29.4 Å². The number of nitrogens with two attached hydrogens (primary N) is 1. The lowest BCUT2D eigenvalue weighted by Crippen LogP contribution is -2.50. The molecule has 3 N–H and O–H groups in total. The summed E-state index contributed by atoms with van der Waals surface area (Å²) in [5.41, 5.74) is 7.20. The summed E-state index contributed by atoms with van der Waals surface area (Å²) >= 11 is 1.16. The van der Waals surface area contributed by atoms with Gasteiger partial charge in [-0.05, 0) is 76.6 Å². The SMILES string of the molecule is CC(C)(C)OC(=O)N[C@H]1CSc2cc(F)c(/C(N)=N/OC(=O)C(C)(C)S(C)(=O)=O)cc2N(Cc2ccc(C3CCOCC3)cc2)C1=O. The number of thioether (sulfide) groups is 1. The molecule has 2 aliphatic heterocycles. The van der Waals surface area contributed by atoms with Crippen molar-refractivity contribution in [2.45, 2.75) is 81.2 Å². The second-order valence-corrected chi connectivity index (χ2v) is 16.6. The van der Waals surface area contributed by atoms with Gasteiger partial charge in [0.15, 0.2) is 20.4 Å². The summed E-state index contributed by atoms with van der Waals surface area (Å²) in [5, 5.41) is 6.17. The molecule has 256 valence electrons. The number of oxime groups is 1. The molecule has 2 aliphatic rings. The van der Waals surface area contributed by atoms with E-state index in [-0.39, 0.29) is 17.9 Å². The number of carbonyl (C=O) groups excluding carboxylic acids is 3. The minimum atomic E-state index is -3.87.